The van der Waals surface area contributed by atoms with Crippen molar-refractivity contribution in [1.82, 2.24) is 15.0 Å². The van der Waals surface area contributed by atoms with Gasteiger partial charge in [0.2, 0.25) is 0 Å². The Bertz CT molecular complexity index is 830. The number of fused-ring (bicyclic) bond motifs is 1. The van der Waals surface area contributed by atoms with E-state index in [9.17, 15) is 9.90 Å². The quantitative estimate of drug-likeness (QED) is 0.717. The lowest BCUT2D eigenvalue weighted by Gasteiger charge is -2.07. The summed E-state index contributed by atoms with van der Waals surface area (Å²) in [5.41, 5.74) is 1.91. The number of halogens is 2. The van der Waals surface area contributed by atoms with Gasteiger partial charge in [0.15, 0.2) is 0 Å². The van der Waals surface area contributed by atoms with E-state index in [1.807, 2.05) is 18.2 Å². The first-order valence-corrected chi connectivity index (χ1v) is 7.19. The molecular weight excluding hydrogens is 390 g/mol. The fourth-order valence-corrected chi connectivity index (χ4v) is 3.18. The first-order chi connectivity index (χ1) is 9.58. The summed E-state index contributed by atoms with van der Waals surface area (Å²) < 4.78 is 3.23. The summed E-state index contributed by atoms with van der Waals surface area (Å²) in [5.74, 6) is -1.01. The van der Waals surface area contributed by atoms with Crippen LogP contribution < -0.4 is 0 Å². The minimum atomic E-state index is -1.01. The molecule has 0 saturated heterocycles. The molecular formula is C13H7Br2N3O2. The molecule has 0 aliphatic rings. The van der Waals surface area contributed by atoms with E-state index >= 15 is 0 Å². The Morgan fingerprint density at radius 1 is 1.20 bits per heavy atom. The molecule has 1 N–H and O–H groups in total. The van der Waals surface area contributed by atoms with Gasteiger partial charge >= 0.3 is 5.97 Å². The predicted molar refractivity (Wildman–Crippen MR) is 81.2 cm³/mol. The molecule has 0 atom stereocenters. The van der Waals surface area contributed by atoms with Crippen LogP contribution in [0.1, 0.15) is 10.4 Å². The Balaban J connectivity index is 2.34. The third-order valence-electron chi connectivity index (χ3n) is 2.84. The Labute approximate surface area is 130 Å². The van der Waals surface area contributed by atoms with Gasteiger partial charge in [-0.3, -0.25) is 0 Å². The molecule has 100 valence electrons. The van der Waals surface area contributed by atoms with Gasteiger partial charge in [-0.25, -0.2) is 9.48 Å². The molecule has 3 rings (SSSR count). The standard InChI is InChI=1S/C13H7Br2N3O2/c14-7-4-5-11(9(15)6-7)18-12-8(13(19)20)2-1-3-10(12)16-17-18/h1-6H,(H,19,20). The molecule has 0 aliphatic carbocycles. The SMILES string of the molecule is O=C(O)c1cccc2nnn(-c3ccc(Br)cc3Br)c12. The molecule has 0 fully saturated rings. The minimum Gasteiger partial charge on any atom is -0.478 e. The number of aromatic carboxylic acids is 1. The maximum absolute atomic E-state index is 11.3. The lowest BCUT2D eigenvalue weighted by Crippen LogP contribution is -2.04. The number of benzene rings is 2. The zero-order valence-corrected chi connectivity index (χ0v) is 13.1. The van der Waals surface area contributed by atoms with Crippen LogP contribution in [0.25, 0.3) is 16.7 Å². The summed E-state index contributed by atoms with van der Waals surface area (Å²) in [4.78, 5) is 11.3. The van der Waals surface area contributed by atoms with Gasteiger partial charge in [-0.15, -0.1) is 5.10 Å². The third kappa shape index (κ3) is 2.12. The summed E-state index contributed by atoms with van der Waals surface area (Å²) in [7, 11) is 0. The highest BCUT2D eigenvalue weighted by Gasteiger charge is 2.16. The van der Waals surface area contributed by atoms with E-state index in [0.29, 0.717) is 11.0 Å². The first kappa shape index (κ1) is 13.3. The van der Waals surface area contributed by atoms with Gasteiger partial charge in [-0.1, -0.05) is 27.2 Å². The van der Waals surface area contributed by atoms with Crippen LogP contribution in [0.3, 0.4) is 0 Å². The lowest BCUT2D eigenvalue weighted by molar-refractivity contribution is 0.0698. The summed E-state index contributed by atoms with van der Waals surface area (Å²) in [6.07, 6.45) is 0. The summed E-state index contributed by atoms with van der Waals surface area (Å²) in [6.45, 7) is 0. The molecule has 7 heteroatoms. The van der Waals surface area contributed by atoms with E-state index < -0.39 is 5.97 Å². The predicted octanol–water partition coefficient (Wildman–Crippen LogP) is 3.64. The Morgan fingerprint density at radius 2 is 2.00 bits per heavy atom. The average Bonchev–Trinajstić information content (AvgIpc) is 2.82. The van der Waals surface area contributed by atoms with Crippen molar-refractivity contribution in [2.24, 2.45) is 0 Å². The maximum atomic E-state index is 11.3. The first-order valence-electron chi connectivity index (χ1n) is 5.61. The normalized spacial score (nSPS) is 10.9. The number of carboxylic acids is 1. The molecule has 0 amide bonds. The fraction of sp³-hybridized carbons (Fsp3) is 0. The molecule has 20 heavy (non-hydrogen) atoms. The molecule has 0 spiro atoms. The van der Waals surface area contributed by atoms with Gasteiger partial charge in [0.25, 0.3) is 0 Å². The number of nitrogens with zero attached hydrogens (tertiary/aromatic N) is 3. The van der Waals surface area contributed by atoms with Crippen molar-refractivity contribution in [3.8, 4) is 5.69 Å². The van der Waals surface area contributed by atoms with Gasteiger partial charge in [0.05, 0.1) is 11.3 Å². The Kier molecular flexibility index (Phi) is 3.31. The molecule has 0 saturated carbocycles. The maximum Gasteiger partial charge on any atom is 0.337 e. The van der Waals surface area contributed by atoms with Gasteiger partial charge in [0, 0.05) is 8.95 Å². The summed E-state index contributed by atoms with van der Waals surface area (Å²) in [5, 5.41) is 17.4. The van der Waals surface area contributed by atoms with Crippen molar-refractivity contribution in [1.29, 1.82) is 0 Å². The number of hydrogen-bond acceptors (Lipinski definition) is 3. The van der Waals surface area contributed by atoms with E-state index in [0.717, 1.165) is 14.6 Å². The molecule has 5 nitrogen and oxygen atoms in total. The smallest absolute Gasteiger partial charge is 0.337 e. The third-order valence-corrected chi connectivity index (χ3v) is 3.97. The van der Waals surface area contributed by atoms with E-state index in [-0.39, 0.29) is 5.56 Å². The molecule has 0 bridgehead atoms. The highest BCUT2D eigenvalue weighted by Crippen LogP contribution is 2.28. The van der Waals surface area contributed by atoms with Crippen LogP contribution in [0.15, 0.2) is 45.3 Å². The van der Waals surface area contributed by atoms with Gasteiger partial charge < -0.3 is 5.11 Å². The van der Waals surface area contributed by atoms with Crippen molar-refractivity contribution < 1.29 is 9.90 Å². The van der Waals surface area contributed by atoms with Crippen LogP contribution in [0.2, 0.25) is 0 Å². The molecule has 0 unspecified atom stereocenters. The molecule has 1 heterocycles. The number of aromatic nitrogens is 3. The number of carboxylic acid groups (broad SMARTS) is 1. The number of hydrogen-bond donors (Lipinski definition) is 1. The number of para-hydroxylation sites is 1. The molecule has 2 aromatic carbocycles. The van der Waals surface area contributed by atoms with Crippen LogP contribution in [0.4, 0.5) is 0 Å². The zero-order valence-electron chi connectivity index (χ0n) is 9.92. The van der Waals surface area contributed by atoms with E-state index in [2.05, 4.69) is 42.2 Å². The topological polar surface area (TPSA) is 68.0 Å². The summed E-state index contributed by atoms with van der Waals surface area (Å²) >= 11 is 6.83. The van der Waals surface area contributed by atoms with Crippen LogP contribution in [0.5, 0.6) is 0 Å². The van der Waals surface area contributed by atoms with Gasteiger partial charge in [-0.2, -0.15) is 0 Å². The molecule has 3 aromatic rings. The van der Waals surface area contributed by atoms with E-state index in [1.54, 1.807) is 12.1 Å². The van der Waals surface area contributed by atoms with Crippen LogP contribution in [0, 0.1) is 0 Å². The largest absolute Gasteiger partial charge is 0.478 e. The van der Waals surface area contributed by atoms with Crippen molar-refractivity contribution in [2.75, 3.05) is 0 Å². The van der Waals surface area contributed by atoms with Crippen molar-refractivity contribution >= 4 is 48.9 Å². The molecule has 0 aliphatic heterocycles. The average molecular weight is 397 g/mol. The van der Waals surface area contributed by atoms with Crippen molar-refractivity contribution in [3.63, 3.8) is 0 Å². The second-order valence-corrected chi connectivity index (χ2v) is 5.85. The van der Waals surface area contributed by atoms with Crippen molar-refractivity contribution in [3.05, 3.63) is 50.9 Å². The van der Waals surface area contributed by atoms with E-state index in [1.165, 1.54) is 10.7 Å². The van der Waals surface area contributed by atoms with E-state index in [4.69, 9.17) is 0 Å². The lowest BCUT2D eigenvalue weighted by atomic mass is 10.2. The van der Waals surface area contributed by atoms with Crippen LogP contribution in [-0.4, -0.2) is 26.1 Å². The van der Waals surface area contributed by atoms with Crippen molar-refractivity contribution in [2.45, 2.75) is 0 Å². The Hall–Kier alpha value is -1.73. The fourth-order valence-electron chi connectivity index (χ4n) is 1.97. The second kappa shape index (κ2) is 4.99. The summed E-state index contributed by atoms with van der Waals surface area (Å²) in [6, 6.07) is 10.5. The molecule has 1 aromatic heterocycles. The Morgan fingerprint density at radius 3 is 2.70 bits per heavy atom. The zero-order chi connectivity index (χ0) is 14.3. The minimum absolute atomic E-state index is 0.169. The highest BCUT2D eigenvalue weighted by molar-refractivity contribution is 9.11. The van der Waals surface area contributed by atoms with Gasteiger partial charge in [0.1, 0.15) is 11.0 Å². The highest BCUT2D eigenvalue weighted by atomic mass is 79.9. The molecule has 0 radical (unpaired) electrons. The number of carbonyl (C=O) groups is 1. The van der Waals surface area contributed by atoms with Crippen LogP contribution in [-0.2, 0) is 0 Å². The monoisotopic (exact) mass is 395 g/mol. The number of rotatable bonds is 2. The second-order valence-electron chi connectivity index (χ2n) is 4.08. The van der Waals surface area contributed by atoms with Crippen LogP contribution >= 0.6 is 31.9 Å². The van der Waals surface area contributed by atoms with Gasteiger partial charge in [-0.05, 0) is 46.3 Å².